The monoisotopic (exact) mass is 310 g/mol. The Morgan fingerprint density at radius 2 is 2.24 bits per heavy atom. The minimum absolute atomic E-state index is 0.118. The van der Waals surface area contributed by atoms with Crippen molar-refractivity contribution >= 4 is 17.2 Å². The van der Waals surface area contributed by atoms with Gasteiger partial charge in [0, 0.05) is 31.1 Å². The maximum atomic E-state index is 12.5. The molecule has 1 aliphatic heterocycles. The Morgan fingerprint density at radius 3 is 2.81 bits per heavy atom. The Morgan fingerprint density at radius 1 is 1.52 bits per heavy atom. The third kappa shape index (κ3) is 3.47. The molecule has 1 aliphatic rings. The number of carbonyl (C=O) groups excluding carboxylic acids is 1. The fourth-order valence-electron chi connectivity index (χ4n) is 2.93. The van der Waals surface area contributed by atoms with Gasteiger partial charge in [0.2, 0.25) is 0 Å². The normalized spacial score (nSPS) is 21.7. The quantitative estimate of drug-likeness (QED) is 0.838. The number of rotatable bonds is 5. The van der Waals surface area contributed by atoms with Crippen molar-refractivity contribution in [1.29, 1.82) is 0 Å². The molecular weight excluding hydrogens is 284 g/mol. The second-order valence-electron chi connectivity index (χ2n) is 6.45. The molecule has 1 fully saturated rings. The van der Waals surface area contributed by atoms with Crippen LogP contribution < -0.4 is 0 Å². The van der Waals surface area contributed by atoms with Crippen LogP contribution in [0.25, 0.3) is 0 Å². The summed E-state index contributed by atoms with van der Waals surface area (Å²) in [5.74, 6) is 0.641. The molecule has 0 spiro atoms. The van der Waals surface area contributed by atoms with Gasteiger partial charge in [0.05, 0.1) is 11.5 Å². The van der Waals surface area contributed by atoms with Gasteiger partial charge in [-0.1, -0.05) is 0 Å². The van der Waals surface area contributed by atoms with E-state index in [1.54, 1.807) is 7.11 Å². The molecule has 0 N–H and O–H groups in total. The van der Waals surface area contributed by atoms with Crippen LogP contribution in [0.2, 0.25) is 0 Å². The average molecular weight is 310 g/mol. The van der Waals surface area contributed by atoms with Gasteiger partial charge < -0.3 is 14.5 Å². The SMILES string of the molecule is COCc1ccc(C(=O)N(C)CC2CCN(C)C2(C)C)s1. The van der Waals surface area contributed by atoms with Crippen molar-refractivity contribution in [2.45, 2.75) is 32.4 Å². The van der Waals surface area contributed by atoms with E-state index in [0.29, 0.717) is 12.5 Å². The van der Waals surface area contributed by atoms with Gasteiger partial charge in [-0.25, -0.2) is 0 Å². The first-order chi connectivity index (χ1) is 9.86. The van der Waals surface area contributed by atoms with Crippen LogP contribution in [0.5, 0.6) is 0 Å². The molecule has 1 saturated heterocycles. The Labute approximate surface area is 131 Å². The molecule has 4 nitrogen and oxygen atoms in total. The molecule has 1 unspecified atom stereocenters. The highest BCUT2D eigenvalue weighted by atomic mass is 32.1. The van der Waals surface area contributed by atoms with Crippen molar-refractivity contribution in [3.8, 4) is 0 Å². The molecule has 2 rings (SSSR count). The van der Waals surface area contributed by atoms with Crippen LogP contribution in [-0.2, 0) is 11.3 Å². The van der Waals surface area contributed by atoms with E-state index in [2.05, 4.69) is 25.8 Å². The zero-order chi connectivity index (χ0) is 15.6. The Bertz CT molecular complexity index is 498. The molecular formula is C16H26N2O2S. The fraction of sp³-hybridized carbons (Fsp3) is 0.688. The van der Waals surface area contributed by atoms with Gasteiger partial charge in [-0.2, -0.15) is 0 Å². The van der Waals surface area contributed by atoms with Crippen molar-refractivity contribution in [2.24, 2.45) is 5.92 Å². The highest BCUT2D eigenvalue weighted by Gasteiger charge is 2.39. The third-order valence-corrected chi connectivity index (χ3v) is 5.84. The second-order valence-corrected chi connectivity index (χ2v) is 7.61. The summed E-state index contributed by atoms with van der Waals surface area (Å²) < 4.78 is 5.11. The van der Waals surface area contributed by atoms with Gasteiger partial charge in [0.25, 0.3) is 5.91 Å². The van der Waals surface area contributed by atoms with Gasteiger partial charge in [-0.15, -0.1) is 11.3 Å². The van der Waals surface area contributed by atoms with E-state index in [-0.39, 0.29) is 11.4 Å². The summed E-state index contributed by atoms with van der Waals surface area (Å²) in [5, 5.41) is 0. The van der Waals surface area contributed by atoms with Gasteiger partial charge >= 0.3 is 0 Å². The number of likely N-dealkylation sites (tertiary alicyclic amines) is 1. The summed E-state index contributed by atoms with van der Waals surface area (Å²) in [4.78, 5) is 18.7. The predicted molar refractivity (Wildman–Crippen MR) is 86.8 cm³/mol. The van der Waals surface area contributed by atoms with E-state index in [0.717, 1.165) is 29.3 Å². The topological polar surface area (TPSA) is 32.8 Å². The van der Waals surface area contributed by atoms with E-state index < -0.39 is 0 Å². The van der Waals surface area contributed by atoms with Crippen LogP contribution in [0, 0.1) is 5.92 Å². The molecule has 5 heteroatoms. The van der Waals surface area contributed by atoms with Crippen molar-refractivity contribution in [1.82, 2.24) is 9.80 Å². The Balaban J connectivity index is 1.99. The van der Waals surface area contributed by atoms with Gasteiger partial charge in [-0.3, -0.25) is 4.79 Å². The lowest BCUT2D eigenvalue weighted by atomic mass is 9.88. The second kappa shape index (κ2) is 6.46. The first-order valence-electron chi connectivity index (χ1n) is 7.40. The Hall–Kier alpha value is -0.910. The van der Waals surface area contributed by atoms with Crippen LogP contribution in [0.3, 0.4) is 0 Å². The van der Waals surface area contributed by atoms with Crippen LogP contribution >= 0.6 is 11.3 Å². The molecule has 21 heavy (non-hydrogen) atoms. The van der Waals surface area contributed by atoms with E-state index in [1.165, 1.54) is 11.3 Å². The third-order valence-electron chi connectivity index (χ3n) is 4.80. The lowest BCUT2D eigenvalue weighted by molar-refractivity contribution is 0.0733. The number of amides is 1. The summed E-state index contributed by atoms with van der Waals surface area (Å²) in [6, 6.07) is 3.88. The fourth-order valence-corrected chi connectivity index (χ4v) is 3.91. The van der Waals surface area contributed by atoms with Crippen LogP contribution in [0.4, 0.5) is 0 Å². The van der Waals surface area contributed by atoms with Crippen LogP contribution in [0.15, 0.2) is 12.1 Å². The average Bonchev–Trinajstić information content (AvgIpc) is 2.98. The molecule has 1 amide bonds. The predicted octanol–water partition coefficient (Wildman–Crippen LogP) is 2.70. The number of thiophene rings is 1. The van der Waals surface area contributed by atoms with E-state index in [4.69, 9.17) is 4.74 Å². The van der Waals surface area contributed by atoms with E-state index in [1.807, 2.05) is 24.1 Å². The minimum Gasteiger partial charge on any atom is -0.379 e. The lowest BCUT2D eigenvalue weighted by Crippen LogP contribution is -2.44. The van der Waals surface area contributed by atoms with Gasteiger partial charge in [-0.05, 0) is 51.9 Å². The summed E-state index contributed by atoms with van der Waals surface area (Å²) in [7, 11) is 5.75. The largest absolute Gasteiger partial charge is 0.379 e. The maximum absolute atomic E-state index is 12.5. The number of nitrogens with zero attached hydrogens (tertiary/aromatic N) is 2. The van der Waals surface area contributed by atoms with Crippen molar-refractivity contribution < 1.29 is 9.53 Å². The molecule has 2 heterocycles. The van der Waals surface area contributed by atoms with E-state index >= 15 is 0 Å². The summed E-state index contributed by atoms with van der Waals surface area (Å²) in [6.45, 7) is 7.03. The van der Waals surface area contributed by atoms with Crippen molar-refractivity contribution in [3.63, 3.8) is 0 Å². The van der Waals surface area contributed by atoms with Gasteiger partial charge in [0.15, 0.2) is 0 Å². The van der Waals surface area contributed by atoms with Crippen molar-refractivity contribution in [2.75, 3.05) is 34.3 Å². The standard InChI is InChI=1S/C16H26N2O2S/c1-16(2)12(8-9-18(16)4)10-17(3)15(19)14-7-6-13(21-14)11-20-5/h6-7,12H,8-11H2,1-5H3. The molecule has 0 bridgehead atoms. The molecule has 118 valence electrons. The van der Waals surface area contributed by atoms with Gasteiger partial charge in [0.1, 0.15) is 0 Å². The first kappa shape index (κ1) is 16.5. The highest BCUT2D eigenvalue weighted by Crippen LogP contribution is 2.33. The molecule has 1 aromatic rings. The van der Waals surface area contributed by atoms with Crippen LogP contribution in [0.1, 0.15) is 34.8 Å². The first-order valence-corrected chi connectivity index (χ1v) is 8.22. The van der Waals surface area contributed by atoms with E-state index in [9.17, 15) is 4.79 Å². The number of methoxy groups -OCH3 is 1. The molecule has 1 atom stereocenters. The maximum Gasteiger partial charge on any atom is 0.263 e. The summed E-state index contributed by atoms with van der Waals surface area (Å²) >= 11 is 1.53. The lowest BCUT2D eigenvalue weighted by Gasteiger charge is -2.35. The highest BCUT2D eigenvalue weighted by molar-refractivity contribution is 7.14. The number of hydrogen-bond acceptors (Lipinski definition) is 4. The Kier molecular flexibility index (Phi) is 5.07. The molecule has 0 radical (unpaired) electrons. The molecule has 1 aromatic heterocycles. The zero-order valence-electron chi connectivity index (χ0n) is 13.7. The minimum atomic E-state index is 0.118. The molecule has 0 aromatic carbocycles. The summed E-state index contributed by atoms with van der Waals surface area (Å²) in [6.07, 6.45) is 1.15. The number of carbonyl (C=O) groups is 1. The molecule has 0 saturated carbocycles. The molecule has 0 aliphatic carbocycles. The van der Waals surface area contributed by atoms with Crippen molar-refractivity contribution in [3.05, 3.63) is 21.9 Å². The summed E-state index contributed by atoms with van der Waals surface area (Å²) in [5.41, 5.74) is 0.158. The smallest absolute Gasteiger partial charge is 0.263 e. The number of hydrogen-bond donors (Lipinski definition) is 0. The zero-order valence-corrected chi connectivity index (χ0v) is 14.5. The van der Waals surface area contributed by atoms with Crippen LogP contribution in [-0.4, -0.2) is 55.5 Å². The number of ether oxygens (including phenoxy) is 1.